The van der Waals surface area contributed by atoms with Gasteiger partial charge in [0.15, 0.2) is 0 Å². The molecule has 1 aromatic rings. The van der Waals surface area contributed by atoms with Gasteiger partial charge in [-0.2, -0.15) is 0 Å². The van der Waals surface area contributed by atoms with E-state index in [4.69, 9.17) is 38.0 Å². The fraction of sp³-hybridized carbons (Fsp3) is 0.333. The highest BCUT2D eigenvalue weighted by molar-refractivity contribution is 7.61. The average Bonchev–Trinajstić information content (AvgIpc) is 2.36. The first kappa shape index (κ1) is 17.5. The molecular weight excluding hydrogens is 327 g/mol. The highest BCUT2D eigenvalue weighted by Crippen LogP contribution is 2.58. The maximum Gasteiger partial charge on any atom is 0.372 e. The Kier molecular flexibility index (Phi) is 6.49. The predicted octanol–water partition coefficient (Wildman–Crippen LogP) is 4.86. The quantitative estimate of drug-likeness (QED) is 0.592. The number of benzene rings is 1. The Bertz CT molecular complexity index is 556. The smallest absolute Gasteiger partial charge is 0.372 e. The fourth-order valence-electron chi connectivity index (χ4n) is 1.40. The van der Waals surface area contributed by atoms with Crippen LogP contribution < -0.4 is 5.73 Å². The van der Waals surface area contributed by atoms with Gasteiger partial charge in [-0.15, -0.1) is 0 Å². The minimum absolute atomic E-state index is 0.0900. The van der Waals surface area contributed by atoms with Crippen LogP contribution in [0.4, 0.5) is 10.1 Å². The van der Waals surface area contributed by atoms with Crippen LogP contribution in [-0.4, -0.2) is 13.2 Å². The van der Waals surface area contributed by atoms with Crippen molar-refractivity contribution in [1.82, 2.24) is 0 Å². The molecule has 0 bridgehead atoms. The number of anilines is 1. The van der Waals surface area contributed by atoms with Gasteiger partial charge < -0.3 is 14.8 Å². The van der Waals surface area contributed by atoms with Crippen molar-refractivity contribution in [3.8, 4) is 0 Å². The second-order valence-corrected chi connectivity index (χ2v) is 6.77. The Morgan fingerprint density at radius 3 is 2.45 bits per heavy atom. The summed E-state index contributed by atoms with van der Waals surface area (Å²) in [5.74, 6) is -0.638. The van der Waals surface area contributed by atoms with E-state index in [9.17, 15) is 8.96 Å². The predicted molar refractivity (Wildman–Crippen MR) is 80.5 cm³/mol. The van der Waals surface area contributed by atoms with E-state index in [1.165, 1.54) is 12.1 Å². The second kappa shape index (κ2) is 7.43. The molecular formula is C12H15Cl2FNO3P. The van der Waals surface area contributed by atoms with Crippen LogP contribution in [-0.2, 0) is 13.6 Å². The molecule has 0 saturated carbocycles. The second-order valence-electron chi connectivity index (χ2n) is 3.70. The Hall–Kier alpha value is -0.580. The lowest BCUT2D eigenvalue weighted by Gasteiger charge is -2.16. The van der Waals surface area contributed by atoms with E-state index < -0.39 is 13.4 Å². The Balaban J connectivity index is 3.21. The highest BCUT2D eigenvalue weighted by Gasteiger charge is 2.28. The van der Waals surface area contributed by atoms with E-state index in [0.717, 1.165) is 6.07 Å². The molecule has 2 N–H and O–H groups in total. The standard InChI is InChI=1S/C12H15Cl2FNO3P/c1-3-18-20(17,19-4-2)12(14)6-8-5-11(16)10(15)7-9(8)13/h5-7H,3-4,16H2,1-2H3/b12-6+. The first-order valence-electron chi connectivity index (χ1n) is 5.85. The molecule has 1 rings (SSSR count). The summed E-state index contributed by atoms with van der Waals surface area (Å²) in [6.45, 7) is 3.67. The molecule has 1 aromatic carbocycles. The third-order valence-corrected chi connectivity index (χ3v) is 5.16. The van der Waals surface area contributed by atoms with Gasteiger partial charge >= 0.3 is 7.60 Å². The summed E-state index contributed by atoms with van der Waals surface area (Å²) in [4.78, 5) is 0. The van der Waals surface area contributed by atoms with Crippen molar-refractivity contribution >= 4 is 42.6 Å². The van der Waals surface area contributed by atoms with Gasteiger partial charge in [-0.25, -0.2) is 4.39 Å². The van der Waals surface area contributed by atoms with E-state index in [1.54, 1.807) is 13.8 Å². The topological polar surface area (TPSA) is 61.5 Å². The van der Waals surface area contributed by atoms with Crippen molar-refractivity contribution in [2.75, 3.05) is 18.9 Å². The van der Waals surface area contributed by atoms with Gasteiger partial charge in [0.25, 0.3) is 0 Å². The van der Waals surface area contributed by atoms with Crippen LogP contribution in [0.5, 0.6) is 0 Å². The lowest BCUT2D eigenvalue weighted by molar-refractivity contribution is 0.228. The van der Waals surface area contributed by atoms with Crippen LogP contribution in [0.3, 0.4) is 0 Å². The van der Waals surface area contributed by atoms with Crippen LogP contribution in [0.1, 0.15) is 19.4 Å². The molecule has 0 aliphatic rings. The maximum absolute atomic E-state index is 13.2. The summed E-state index contributed by atoms with van der Waals surface area (Å²) in [6, 6.07) is 2.35. The zero-order valence-electron chi connectivity index (χ0n) is 11.0. The van der Waals surface area contributed by atoms with Gasteiger partial charge in [0.2, 0.25) is 0 Å². The molecule has 112 valence electrons. The summed E-state index contributed by atoms with van der Waals surface area (Å²) in [7, 11) is -3.59. The Morgan fingerprint density at radius 1 is 1.40 bits per heavy atom. The third kappa shape index (κ3) is 4.21. The van der Waals surface area contributed by atoms with Crippen molar-refractivity contribution in [2.24, 2.45) is 0 Å². The number of rotatable bonds is 6. The van der Waals surface area contributed by atoms with E-state index >= 15 is 0 Å². The van der Waals surface area contributed by atoms with Crippen LogP contribution in [0.2, 0.25) is 5.02 Å². The van der Waals surface area contributed by atoms with E-state index in [1.807, 2.05) is 0 Å². The molecule has 0 atom stereocenters. The minimum atomic E-state index is -3.59. The highest BCUT2D eigenvalue weighted by atomic mass is 35.5. The van der Waals surface area contributed by atoms with Crippen molar-refractivity contribution in [1.29, 1.82) is 0 Å². The van der Waals surface area contributed by atoms with Gasteiger partial charge in [-0.05, 0) is 37.6 Å². The third-order valence-electron chi connectivity index (χ3n) is 2.25. The van der Waals surface area contributed by atoms with Crippen molar-refractivity contribution in [3.63, 3.8) is 0 Å². The van der Waals surface area contributed by atoms with Crippen LogP contribution in [0.15, 0.2) is 16.9 Å². The molecule has 0 spiro atoms. The number of hydrogen-bond acceptors (Lipinski definition) is 4. The van der Waals surface area contributed by atoms with Crippen molar-refractivity contribution < 1.29 is 18.0 Å². The zero-order chi connectivity index (χ0) is 15.3. The number of hydrogen-bond donors (Lipinski definition) is 1. The molecule has 4 nitrogen and oxygen atoms in total. The fourth-order valence-corrected chi connectivity index (χ4v) is 3.32. The molecule has 0 heterocycles. The minimum Gasteiger partial charge on any atom is -0.396 e. The molecule has 0 fully saturated rings. The lowest BCUT2D eigenvalue weighted by atomic mass is 10.2. The first-order valence-corrected chi connectivity index (χ1v) is 8.15. The van der Waals surface area contributed by atoms with Gasteiger partial charge in [-0.1, -0.05) is 23.2 Å². The largest absolute Gasteiger partial charge is 0.396 e. The van der Waals surface area contributed by atoms with E-state index in [0.29, 0.717) is 5.56 Å². The molecule has 0 aromatic heterocycles. The summed E-state index contributed by atoms with van der Waals surface area (Å²) in [5.41, 5.74) is 5.69. The molecule has 0 radical (unpaired) electrons. The monoisotopic (exact) mass is 341 g/mol. The lowest BCUT2D eigenvalue weighted by Crippen LogP contribution is -1.96. The molecule has 0 aliphatic heterocycles. The van der Waals surface area contributed by atoms with Crippen LogP contribution in [0.25, 0.3) is 6.08 Å². The molecule has 0 aliphatic carbocycles. The Morgan fingerprint density at radius 2 is 1.95 bits per heavy atom. The van der Waals surface area contributed by atoms with Gasteiger partial charge in [0.05, 0.1) is 23.9 Å². The van der Waals surface area contributed by atoms with E-state index in [2.05, 4.69) is 0 Å². The molecule has 0 saturated heterocycles. The Labute approximate surface area is 127 Å². The summed E-state index contributed by atoms with van der Waals surface area (Å²) in [6.07, 6.45) is 1.30. The average molecular weight is 342 g/mol. The number of nitrogens with two attached hydrogens (primary N) is 1. The van der Waals surface area contributed by atoms with Crippen LogP contribution in [0, 0.1) is 5.82 Å². The van der Waals surface area contributed by atoms with E-state index in [-0.39, 0.29) is 28.7 Å². The summed E-state index contributed by atoms with van der Waals surface area (Å²) < 4.78 is 35.6. The number of halogens is 3. The normalized spacial score (nSPS) is 12.8. The SMILES string of the molecule is CCOP(=O)(OCC)/C(Cl)=C/c1cc(N)c(F)cc1Cl. The number of nitrogen functional groups attached to an aromatic ring is 1. The van der Waals surface area contributed by atoms with Crippen LogP contribution >= 0.6 is 30.8 Å². The van der Waals surface area contributed by atoms with Crippen molar-refractivity contribution in [2.45, 2.75) is 13.8 Å². The molecule has 20 heavy (non-hydrogen) atoms. The van der Waals surface area contributed by atoms with Crippen molar-refractivity contribution in [3.05, 3.63) is 33.3 Å². The van der Waals surface area contributed by atoms with Gasteiger partial charge in [-0.3, -0.25) is 4.57 Å². The first-order chi connectivity index (χ1) is 9.34. The van der Waals surface area contributed by atoms with Gasteiger partial charge in [0, 0.05) is 0 Å². The summed E-state index contributed by atoms with van der Waals surface area (Å²) >= 11 is 11.9. The summed E-state index contributed by atoms with van der Waals surface area (Å²) in [5, 5.41) is 0.0920. The molecule has 0 unspecified atom stereocenters. The maximum atomic E-state index is 13.2. The van der Waals surface area contributed by atoms with Gasteiger partial charge in [0.1, 0.15) is 10.6 Å². The zero-order valence-corrected chi connectivity index (χ0v) is 13.4. The molecule has 0 amide bonds. The molecule has 8 heteroatoms.